The highest BCUT2D eigenvalue weighted by molar-refractivity contribution is 6.36. The molecule has 0 saturated heterocycles. The maximum absolute atomic E-state index is 13.2. The topological polar surface area (TPSA) is 58.6 Å². The molecule has 0 aliphatic carbocycles. The van der Waals surface area contributed by atoms with Gasteiger partial charge in [-0.1, -0.05) is 30.3 Å². The Bertz CT molecular complexity index is 992. The zero-order valence-corrected chi connectivity index (χ0v) is 17.8. The van der Waals surface area contributed by atoms with E-state index in [0.717, 1.165) is 33.5 Å². The Morgan fingerprint density at radius 2 is 1.62 bits per heavy atom. The van der Waals surface area contributed by atoms with E-state index in [4.69, 9.17) is 4.74 Å². The second-order valence-corrected chi connectivity index (χ2v) is 7.60. The molecule has 2 amide bonds. The van der Waals surface area contributed by atoms with Crippen LogP contribution in [0.4, 0.5) is 5.69 Å². The van der Waals surface area contributed by atoms with Gasteiger partial charge < -0.3 is 10.1 Å². The fourth-order valence-electron chi connectivity index (χ4n) is 3.43. The molecule has 3 rings (SSSR count). The second-order valence-electron chi connectivity index (χ2n) is 7.60. The van der Waals surface area contributed by atoms with Crippen LogP contribution in [0.25, 0.3) is 5.57 Å². The molecule has 2 aromatic rings. The Labute approximate surface area is 172 Å². The minimum atomic E-state index is -0.291. The summed E-state index contributed by atoms with van der Waals surface area (Å²) in [6.45, 7) is 8.85. The lowest BCUT2D eigenvalue weighted by Crippen LogP contribution is -2.34. The third-order valence-corrected chi connectivity index (χ3v) is 5.35. The molecule has 0 atom stereocenters. The highest BCUT2D eigenvalue weighted by Crippen LogP contribution is 2.32. The Morgan fingerprint density at radius 3 is 2.31 bits per heavy atom. The monoisotopic (exact) mass is 392 g/mol. The number of hydrogen-bond donors (Lipinski definition) is 1. The number of amides is 2. The first-order chi connectivity index (χ1) is 13.8. The minimum Gasteiger partial charge on any atom is -0.385 e. The summed E-state index contributed by atoms with van der Waals surface area (Å²) in [6.07, 6.45) is 0.602. The molecule has 29 heavy (non-hydrogen) atoms. The van der Waals surface area contributed by atoms with E-state index in [-0.39, 0.29) is 11.8 Å². The zero-order valence-electron chi connectivity index (χ0n) is 17.8. The maximum Gasteiger partial charge on any atom is 0.278 e. The summed E-state index contributed by atoms with van der Waals surface area (Å²) in [5, 5.41) is 3.27. The summed E-state index contributed by atoms with van der Waals surface area (Å²) in [5.74, 6) is -0.553. The molecule has 1 N–H and O–H groups in total. The van der Waals surface area contributed by atoms with E-state index in [0.29, 0.717) is 30.8 Å². The number of benzene rings is 2. The van der Waals surface area contributed by atoms with Crippen molar-refractivity contribution in [3.8, 4) is 0 Å². The Balaban J connectivity index is 2.06. The molecule has 0 unspecified atom stereocenters. The van der Waals surface area contributed by atoms with Crippen LogP contribution >= 0.6 is 0 Å². The summed E-state index contributed by atoms with van der Waals surface area (Å²) >= 11 is 0. The molecule has 2 aromatic carbocycles. The van der Waals surface area contributed by atoms with Crippen molar-refractivity contribution in [3.63, 3.8) is 0 Å². The predicted molar refractivity (Wildman–Crippen MR) is 116 cm³/mol. The molecule has 1 aliphatic heterocycles. The number of nitrogens with one attached hydrogen (secondary N) is 1. The predicted octanol–water partition coefficient (Wildman–Crippen LogP) is 4.15. The smallest absolute Gasteiger partial charge is 0.278 e. The van der Waals surface area contributed by atoms with Crippen molar-refractivity contribution >= 4 is 23.1 Å². The van der Waals surface area contributed by atoms with Crippen molar-refractivity contribution < 1.29 is 14.3 Å². The molecule has 5 heteroatoms. The van der Waals surface area contributed by atoms with Crippen molar-refractivity contribution in [3.05, 3.63) is 69.9 Å². The second kappa shape index (κ2) is 8.62. The molecular weight excluding hydrogens is 364 g/mol. The van der Waals surface area contributed by atoms with Crippen molar-refractivity contribution in [2.75, 3.05) is 25.6 Å². The van der Waals surface area contributed by atoms with Gasteiger partial charge in [-0.2, -0.15) is 0 Å². The molecule has 0 aromatic heterocycles. The first-order valence-corrected chi connectivity index (χ1v) is 9.84. The molecule has 0 saturated carbocycles. The molecule has 1 heterocycles. The number of aryl methyl sites for hydroxylation is 4. The van der Waals surface area contributed by atoms with Gasteiger partial charge in [0.1, 0.15) is 5.70 Å². The first kappa shape index (κ1) is 20.8. The van der Waals surface area contributed by atoms with Crippen LogP contribution in [-0.4, -0.2) is 37.0 Å². The lowest BCUT2D eigenvalue weighted by atomic mass is 9.99. The number of carbonyl (C=O) groups is 2. The van der Waals surface area contributed by atoms with E-state index in [1.807, 2.05) is 64.1 Å². The Kier molecular flexibility index (Phi) is 6.18. The number of imide groups is 1. The lowest BCUT2D eigenvalue weighted by Gasteiger charge is -2.15. The summed E-state index contributed by atoms with van der Waals surface area (Å²) < 4.78 is 5.09. The van der Waals surface area contributed by atoms with E-state index in [1.165, 1.54) is 4.90 Å². The van der Waals surface area contributed by atoms with E-state index in [1.54, 1.807) is 7.11 Å². The molecule has 0 fully saturated rings. The maximum atomic E-state index is 13.2. The van der Waals surface area contributed by atoms with E-state index in [2.05, 4.69) is 5.32 Å². The lowest BCUT2D eigenvalue weighted by molar-refractivity contribution is -0.136. The number of ether oxygens (including phenoxy) is 1. The van der Waals surface area contributed by atoms with Crippen LogP contribution in [0.1, 0.15) is 34.2 Å². The number of anilines is 1. The van der Waals surface area contributed by atoms with Gasteiger partial charge in [-0.05, 0) is 68.0 Å². The van der Waals surface area contributed by atoms with Gasteiger partial charge in [0, 0.05) is 25.9 Å². The molecule has 0 radical (unpaired) electrons. The highest BCUT2D eigenvalue weighted by Gasteiger charge is 2.39. The molecule has 5 nitrogen and oxygen atoms in total. The Hall–Kier alpha value is -2.92. The summed E-state index contributed by atoms with van der Waals surface area (Å²) in [4.78, 5) is 27.7. The summed E-state index contributed by atoms with van der Waals surface area (Å²) in [5.41, 5.74) is 6.68. The molecular formula is C24H28N2O3. The molecule has 152 valence electrons. The van der Waals surface area contributed by atoms with Crippen LogP contribution in [0.2, 0.25) is 0 Å². The van der Waals surface area contributed by atoms with E-state index in [9.17, 15) is 9.59 Å². The highest BCUT2D eigenvalue weighted by atomic mass is 16.5. The van der Waals surface area contributed by atoms with E-state index >= 15 is 0 Å². The van der Waals surface area contributed by atoms with Crippen molar-refractivity contribution in [1.82, 2.24) is 4.90 Å². The van der Waals surface area contributed by atoms with Gasteiger partial charge in [0.05, 0.1) is 5.57 Å². The van der Waals surface area contributed by atoms with Gasteiger partial charge in [0.15, 0.2) is 0 Å². The molecule has 0 bridgehead atoms. The fourth-order valence-corrected chi connectivity index (χ4v) is 3.43. The minimum absolute atomic E-state index is 0.262. The first-order valence-electron chi connectivity index (χ1n) is 9.84. The van der Waals surface area contributed by atoms with Crippen LogP contribution in [-0.2, 0) is 14.3 Å². The number of rotatable bonds is 7. The van der Waals surface area contributed by atoms with Crippen molar-refractivity contribution in [2.45, 2.75) is 34.1 Å². The van der Waals surface area contributed by atoms with Gasteiger partial charge in [-0.15, -0.1) is 0 Å². The quantitative estimate of drug-likeness (QED) is 0.568. The van der Waals surface area contributed by atoms with Crippen LogP contribution in [0.5, 0.6) is 0 Å². The van der Waals surface area contributed by atoms with Crippen molar-refractivity contribution in [1.29, 1.82) is 0 Å². The summed E-state index contributed by atoms with van der Waals surface area (Å²) in [6, 6.07) is 11.9. The number of nitrogens with zero attached hydrogens (tertiary/aromatic N) is 1. The van der Waals surface area contributed by atoms with Crippen LogP contribution < -0.4 is 5.32 Å². The average molecular weight is 392 g/mol. The normalized spacial score (nSPS) is 14.2. The summed E-state index contributed by atoms with van der Waals surface area (Å²) in [7, 11) is 1.61. The SMILES string of the molecule is COCCCN1C(=O)C(Nc2cc(C)ccc2C)=C(c2ccc(C)c(C)c2)C1=O. The van der Waals surface area contributed by atoms with Crippen LogP contribution in [0.3, 0.4) is 0 Å². The largest absolute Gasteiger partial charge is 0.385 e. The third kappa shape index (κ3) is 4.25. The van der Waals surface area contributed by atoms with Crippen LogP contribution in [0, 0.1) is 27.7 Å². The third-order valence-electron chi connectivity index (χ3n) is 5.35. The Morgan fingerprint density at radius 1 is 0.897 bits per heavy atom. The van der Waals surface area contributed by atoms with E-state index < -0.39 is 0 Å². The van der Waals surface area contributed by atoms with Gasteiger partial charge >= 0.3 is 0 Å². The van der Waals surface area contributed by atoms with Gasteiger partial charge in [-0.25, -0.2) is 0 Å². The number of carbonyl (C=O) groups excluding carboxylic acids is 2. The number of methoxy groups -OCH3 is 1. The molecule has 1 aliphatic rings. The zero-order chi connectivity index (χ0) is 21.1. The van der Waals surface area contributed by atoms with Crippen molar-refractivity contribution in [2.24, 2.45) is 0 Å². The standard InChI is InChI=1S/C24H28N2O3/c1-15-7-8-17(3)20(13-15)25-22-21(19-10-9-16(2)18(4)14-19)23(27)26(24(22)28)11-6-12-29-5/h7-10,13-14,25H,6,11-12H2,1-5H3. The van der Waals surface area contributed by atoms with Gasteiger partial charge in [-0.3, -0.25) is 14.5 Å². The van der Waals surface area contributed by atoms with Crippen LogP contribution in [0.15, 0.2) is 42.1 Å². The number of hydrogen-bond acceptors (Lipinski definition) is 4. The molecule has 0 spiro atoms. The van der Waals surface area contributed by atoms with Gasteiger partial charge in [0.25, 0.3) is 11.8 Å². The fraction of sp³-hybridized carbons (Fsp3) is 0.333. The average Bonchev–Trinajstić information content (AvgIpc) is 2.91. The van der Waals surface area contributed by atoms with Gasteiger partial charge in [0.2, 0.25) is 0 Å².